The summed E-state index contributed by atoms with van der Waals surface area (Å²) >= 11 is 5.76. The van der Waals surface area contributed by atoms with Gasteiger partial charge >= 0.3 is 5.97 Å². The molecular formula is C17H15ClN2O6. The average Bonchev–Trinajstić information content (AvgIpc) is 2.61. The van der Waals surface area contributed by atoms with Gasteiger partial charge in [-0.3, -0.25) is 15.1 Å². The van der Waals surface area contributed by atoms with E-state index < -0.39 is 17.0 Å². The Labute approximate surface area is 153 Å². The van der Waals surface area contributed by atoms with Crippen LogP contribution in [0.15, 0.2) is 41.4 Å². The smallest absolute Gasteiger partial charge is 0.344 e. The molecule has 0 spiro atoms. The van der Waals surface area contributed by atoms with E-state index in [1.165, 1.54) is 32.4 Å². The predicted octanol–water partition coefficient (Wildman–Crippen LogP) is 3.86. The molecule has 0 fully saturated rings. The lowest BCUT2D eigenvalue weighted by Crippen LogP contribution is -2.23. The highest BCUT2D eigenvalue weighted by molar-refractivity contribution is 6.32. The molecule has 0 amide bonds. The van der Waals surface area contributed by atoms with Crippen LogP contribution in [0.4, 0.5) is 11.4 Å². The van der Waals surface area contributed by atoms with Gasteiger partial charge in [-0.25, -0.2) is 4.79 Å². The van der Waals surface area contributed by atoms with E-state index in [4.69, 9.17) is 26.2 Å². The Morgan fingerprint density at radius 2 is 2.04 bits per heavy atom. The molecule has 0 aliphatic rings. The maximum Gasteiger partial charge on any atom is 0.344 e. The molecular weight excluding hydrogens is 364 g/mol. The summed E-state index contributed by atoms with van der Waals surface area (Å²) in [5, 5.41) is 19.8. The van der Waals surface area contributed by atoms with E-state index >= 15 is 0 Å². The van der Waals surface area contributed by atoms with Crippen LogP contribution in [0.5, 0.6) is 11.5 Å². The number of hydrogen-bond acceptors (Lipinski definition) is 6. The zero-order chi connectivity index (χ0) is 19.3. The normalized spacial score (nSPS) is 12.0. The van der Waals surface area contributed by atoms with Gasteiger partial charge < -0.3 is 14.6 Å². The fourth-order valence-electron chi connectivity index (χ4n) is 1.97. The second kappa shape index (κ2) is 8.30. The molecule has 26 heavy (non-hydrogen) atoms. The number of nitro benzene ring substituents is 1. The standard InChI is InChI=1S/C17H15ClN2O6/c1-10(17(21)22)26-15-6-3-11(7-16(15)25-2)9-19-12-4-5-13(18)14(8-12)20(23)24/h3-10H,1-2H3,(H,21,22)/t10-/m1/s1. The van der Waals surface area contributed by atoms with Crippen molar-refractivity contribution in [3.63, 3.8) is 0 Å². The Balaban J connectivity index is 2.24. The number of nitro groups is 1. The number of aliphatic imine (C=N–C) groups is 1. The zero-order valence-electron chi connectivity index (χ0n) is 13.9. The summed E-state index contributed by atoms with van der Waals surface area (Å²) < 4.78 is 10.5. The number of aliphatic carboxylic acids is 1. The van der Waals surface area contributed by atoms with Crippen molar-refractivity contribution < 1.29 is 24.3 Å². The summed E-state index contributed by atoms with van der Waals surface area (Å²) in [5.74, 6) is -0.479. The molecule has 9 heteroatoms. The molecule has 0 aliphatic heterocycles. The van der Waals surface area contributed by atoms with Crippen LogP contribution in [0.1, 0.15) is 12.5 Å². The van der Waals surface area contributed by atoms with Gasteiger partial charge in [-0.2, -0.15) is 0 Å². The van der Waals surface area contributed by atoms with Crippen molar-refractivity contribution in [1.82, 2.24) is 0 Å². The summed E-state index contributed by atoms with van der Waals surface area (Å²) in [6.45, 7) is 1.41. The molecule has 0 aromatic heterocycles. The van der Waals surface area contributed by atoms with Crippen LogP contribution < -0.4 is 9.47 Å². The molecule has 1 N–H and O–H groups in total. The van der Waals surface area contributed by atoms with Gasteiger partial charge in [-0.15, -0.1) is 0 Å². The average molecular weight is 379 g/mol. The molecule has 0 saturated carbocycles. The number of halogens is 1. The van der Waals surface area contributed by atoms with Crippen LogP contribution in [0.3, 0.4) is 0 Å². The lowest BCUT2D eigenvalue weighted by atomic mass is 10.2. The van der Waals surface area contributed by atoms with Crippen LogP contribution in [0.25, 0.3) is 0 Å². The van der Waals surface area contributed by atoms with Gasteiger partial charge in [0.1, 0.15) is 5.02 Å². The number of carbonyl (C=O) groups is 1. The van der Waals surface area contributed by atoms with Crippen LogP contribution in [-0.4, -0.2) is 35.4 Å². The van der Waals surface area contributed by atoms with E-state index in [0.29, 0.717) is 17.0 Å². The molecule has 0 saturated heterocycles. The van der Waals surface area contributed by atoms with E-state index in [1.807, 2.05) is 0 Å². The first kappa shape index (κ1) is 19.2. The molecule has 2 rings (SSSR count). The fourth-order valence-corrected chi connectivity index (χ4v) is 2.16. The van der Waals surface area contributed by atoms with Crippen molar-refractivity contribution in [2.45, 2.75) is 13.0 Å². The number of carboxylic acid groups (broad SMARTS) is 1. The molecule has 0 heterocycles. The van der Waals surface area contributed by atoms with Gasteiger partial charge in [-0.05, 0) is 42.8 Å². The highest BCUT2D eigenvalue weighted by Crippen LogP contribution is 2.30. The van der Waals surface area contributed by atoms with E-state index in [-0.39, 0.29) is 16.5 Å². The number of methoxy groups -OCH3 is 1. The first-order valence-electron chi connectivity index (χ1n) is 7.37. The number of nitrogens with zero attached hydrogens (tertiary/aromatic N) is 2. The van der Waals surface area contributed by atoms with E-state index in [2.05, 4.69) is 4.99 Å². The van der Waals surface area contributed by atoms with Crippen molar-refractivity contribution in [1.29, 1.82) is 0 Å². The SMILES string of the molecule is COc1cc(C=Nc2ccc(Cl)c([N+](=O)[O-])c2)ccc1O[C@H](C)C(=O)O. The molecule has 2 aromatic carbocycles. The number of carboxylic acids is 1. The Bertz CT molecular complexity index is 868. The third-order valence-corrected chi connectivity index (χ3v) is 3.65. The van der Waals surface area contributed by atoms with Gasteiger partial charge in [0.2, 0.25) is 0 Å². The van der Waals surface area contributed by atoms with Crippen LogP contribution in [0, 0.1) is 10.1 Å². The molecule has 0 unspecified atom stereocenters. The third kappa shape index (κ3) is 4.70. The van der Waals surface area contributed by atoms with Gasteiger partial charge in [-0.1, -0.05) is 11.6 Å². The van der Waals surface area contributed by atoms with Gasteiger partial charge in [0, 0.05) is 12.3 Å². The Morgan fingerprint density at radius 3 is 2.65 bits per heavy atom. The first-order chi connectivity index (χ1) is 12.3. The summed E-state index contributed by atoms with van der Waals surface area (Å²) in [5.41, 5.74) is 0.764. The lowest BCUT2D eigenvalue weighted by molar-refractivity contribution is -0.384. The van der Waals surface area contributed by atoms with Crippen molar-refractivity contribution in [2.24, 2.45) is 4.99 Å². The van der Waals surface area contributed by atoms with Crippen molar-refractivity contribution in [3.8, 4) is 11.5 Å². The monoisotopic (exact) mass is 378 g/mol. The minimum atomic E-state index is -1.10. The quantitative estimate of drug-likeness (QED) is 0.445. The summed E-state index contributed by atoms with van der Waals surface area (Å²) in [4.78, 5) is 25.4. The Hall–Kier alpha value is -3.13. The minimum Gasteiger partial charge on any atom is -0.493 e. The first-order valence-corrected chi connectivity index (χ1v) is 7.75. The summed E-state index contributed by atoms with van der Waals surface area (Å²) in [6.07, 6.45) is 0.456. The van der Waals surface area contributed by atoms with E-state index in [0.717, 1.165) is 0 Å². The molecule has 0 aliphatic carbocycles. The van der Waals surface area contributed by atoms with Crippen LogP contribution in [-0.2, 0) is 4.79 Å². The number of ether oxygens (including phenoxy) is 2. The molecule has 2 aromatic rings. The lowest BCUT2D eigenvalue weighted by Gasteiger charge is -2.14. The maximum atomic E-state index is 10.9. The topological polar surface area (TPSA) is 111 Å². The second-order valence-corrected chi connectivity index (χ2v) is 5.57. The highest BCUT2D eigenvalue weighted by Gasteiger charge is 2.15. The molecule has 136 valence electrons. The maximum absolute atomic E-state index is 10.9. The third-order valence-electron chi connectivity index (χ3n) is 3.33. The molecule has 0 radical (unpaired) electrons. The van der Waals surface area contributed by atoms with E-state index in [1.54, 1.807) is 24.3 Å². The largest absolute Gasteiger partial charge is 0.493 e. The molecule has 1 atom stereocenters. The molecule has 8 nitrogen and oxygen atoms in total. The van der Waals surface area contributed by atoms with E-state index in [9.17, 15) is 14.9 Å². The van der Waals surface area contributed by atoms with Gasteiger partial charge in [0.25, 0.3) is 5.69 Å². The summed E-state index contributed by atoms with van der Waals surface area (Å²) in [6, 6.07) is 9.04. The van der Waals surface area contributed by atoms with Crippen molar-refractivity contribution in [2.75, 3.05) is 7.11 Å². The second-order valence-electron chi connectivity index (χ2n) is 5.16. The Kier molecular flexibility index (Phi) is 6.13. The zero-order valence-corrected chi connectivity index (χ0v) is 14.6. The van der Waals surface area contributed by atoms with Crippen molar-refractivity contribution in [3.05, 3.63) is 57.1 Å². The van der Waals surface area contributed by atoms with Gasteiger partial charge in [0.15, 0.2) is 17.6 Å². The summed E-state index contributed by atoms with van der Waals surface area (Å²) in [7, 11) is 1.43. The van der Waals surface area contributed by atoms with Crippen molar-refractivity contribution >= 4 is 35.2 Å². The minimum absolute atomic E-state index is 0.0321. The van der Waals surface area contributed by atoms with Crippen LogP contribution >= 0.6 is 11.6 Å². The number of hydrogen-bond donors (Lipinski definition) is 1. The highest BCUT2D eigenvalue weighted by atomic mass is 35.5. The van der Waals surface area contributed by atoms with Crippen LogP contribution in [0.2, 0.25) is 5.02 Å². The fraction of sp³-hybridized carbons (Fsp3) is 0.176. The number of benzene rings is 2. The van der Waals surface area contributed by atoms with Gasteiger partial charge in [0.05, 0.1) is 17.7 Å². The predicted molar refractivity (Wildman–Crippen MR) is 96.1 cm³/mol. The number of rotatable bonds is 7. The molecule has 0 bridgehead atoms. The Morgan fingerprint density at radius 1 is 1.31 bits per heavy atom.